The van der Waals surface area contributed by atoms with E-state index in [1.165, 1.54) is 0 Å². The van der Waals surface area contributed by atoms with Crippen LogP contribution in [0.1, 0.15) is 25.2 Å². The highest BCUT2D eigenvalue weighted by atomic mass is 16.5. The smallest absolute Gasteiger partial charge is 0.227 e. The topological polar surface area (TPSA) is 81.3 Å². The molecule has 1 aromatic heterocycles. The van der Waals surface area contributed by atoms with Gasteiger partial charge in [-0.1, -0.05) is 12.1 Å². The molecule has 0 spiro atoms. The molecule has 3 aromatic rings. The molecule has 0 aliphatic rings. The third kappa shape index (κ3) is 3.30. The van der Waals surface area contributed by atoms with Gasteiger partial charge in [-0.2, -0.15) is 0 Å². The second kappa shape index (κ2) is 6.87. The molecule has 3 rings (SSSR count). The first-order valence-corrected chi connectivity index (χ1v) is 8.71. The maximum atomic E-state index is 12.0. The predicted molar refractivity (Wildman–Crippen MR) is 108 cm³/mol. The number of carbonyl (C=O) groups excluding carboxylic acids is 1. The van der Waals surface area contributed by atoms with Crippen molar-refractivity contribution < 1.29 is 9.53 Å². The Bertz CT molecular complexity index is 1010. The average Bonchev–Trinajstić information content (AvgIpc) is 2.66. The maximum absolute atomic E-state index is 12.0. The van der Waals surface area contributed by atoms with Crippen LogP contribution >= 0.6 is 0 Å². The molecule has 0 saturated carbocycles. The number of rotatable bonds is 5. The van der Waals surface area contributed by atoms with E-state index in [0.717, 1.165) is 28.0 Å². The largest absolute Gasteiger partial charge is 0.496 e. The Hall–Kier alpha value is -3.15. The molecule has 6 heteroatoms. The van der Waals surface area contributed by atoms with Gasteiger partial charge in [-0.05, 0) is 51.1 Å². The Morgan fingerprint density at radius 2 is 1.85 bits per heavy atom. The number of anilines is 2. The van der Waals surface area contributed by atoms with E-state index >= 15 is 0 Å². The zero-order valence-electron chi connectivity index (χ0n) is 16.3. The molecule has 1 amide bonds. The van der Waals surface area contributed by atoms with Crippen molar-refractivity contribution in [3.8, 4) is 5.75 Å². The lowest BCUT2D eigenvalue weighted by atomic mass is 9.83. The average molecular weight is 364 g/mol. The normalized spacial score (nSPS) is 11.4. The van der Waals surface area contributed by atoms with E-state index < -0.39 is 11.3 Å². The second-order valence-electron chi connectivity index (χ2n) is 7.04. The fourth-order valence-corrected chi connectivity index (χ4v) is 3.08. The van der Waals surface area contributed by atoms with Crippen molar-refractivity contribution in [3.05, 3.63) is 53.9 Å². The number of primary amides is 1. The van der Waals surface area contributed by atoms with Crippen molar-refractivity contribution in [1.82, 2.24) is 9.97 Å². The standard InChI is InChI=1S/C21H24N4O2/c1-13-23-17-9-7-6-8-15(17)19(24-13)25(4)14-10-11-18(27-5)16(12-14)21(2,3)20(22)26/h6-12H,1-5H3,(H2,22,26). The van der Waals surface area contributed by atoms with Crippen molar-refractivity contribution >= 4 is 28.3 Å². The summed E-state index contributed by atoms with van der Waals surface area (Å²) in [7, 11) is 3.53. The summed E-state index contributed by atoms with van der Waals surface area (Å²) in [5.74, 6) is 1.71. The Kier molecular flexibility index (Phi) is 4.74. The minimum absolute atomic E-state index is 0.413. The molecule has 0 unspecified atom stereocenters. The van der Waals surface area contributed by atoms with Gasteiger partial charge in [0.25, 0.3) is 0 Å². The first kappa shape index (κ1) is 18.6. The highest BCUT2D eigenvalue weighted by molar-refractivity contribution is 5.92. The van der Waals surface area contributed by atoms with E-state index in [0.29, 0.717) is 11.6 Å². The van der Waals surface area contributed by atoms with Crippen molar-refractivity contribution in [3.63, 3.8) is 0 Å². The lowest BCUT2D eigenvalue weighted by molar-refractivity contribution is -0.122. The molecule has 0 aliphatic carbocycles. The van der Waals surface area contributed by atoms with Gasteiger partial charge < -0.3 is 15.4 Å². The van der Waals surface area contributed by atoms with Crippen LogP contribution in [-0.4, -0.2) is 30.0 Å². The minimum atomic E-state index is -0.869. The van der Waals surface area contributed by atoms with Gasteiger partial charge in [-0.3, -0.25) is 4.79 Å². The summed E-state index contributed by atoms with van der Waals surface area (Å²) in [4.78, 5) is 23.1. The SMILES string of the molecule is COc1ccc(N(C)c2nc(C)nc3ccccc23)cc1C(C)(C)C(N)=O. The second-order valence-corrected chi connectivity index (χ2v) is 7.04. The van der Waals surface area contributed by atoms with Crippen LogP contribution in [0.25, 0.3) is 10.9 Å². The summed E-state index contributed by atoms with van der Waals surface area (Å²) in [6, 6.07) is 13.6. The van der Waals surface area contributed by atoms with Crippen molar-refractivity contribution in [2.75, 3.05) is 19.1 Å². The molecular formula is C21H24N4O2. The van der Waals surface area contributed by atoms with Crippen molar-refractivity contribution in [2.45, 2.75) is 26.2 Å². The molecule has 140 valence electrons. The van der Waals surface area contributed by atoms with Gasteiger partial charge in [-0.25, -0.2) is 9.97 Å². The Morgan fingerprint density at radius 3 is 2.52 bits per heavy atom. The zero-order chi connectivity index (χ0) is 19.8. The molecule has 0 saturated heterocycles. The van der Waals surface area contributed by atoms with Crippen LogP contribution in [0.5, 0.6) is 5.75 Å². The van der Waals surface area contributed by atoms with Crippen LogP contribution in [0.2, 0.25) is 0 Å². The Morgan fingerprint density at radius 1 is 1.15 bits per heavy atom. The Balaban J connectivity index is 2.16. The van der Waals surface area contributed by atoms with Gasteiger partial charge in [0.15, 0.2) is 0 Å². The number of nitrogens with zero attached hydrogens (tertiary/aromatic N) is 3. The van der Waals surface area contributed by atoms with Gasteiger partial charge in [0.1, 0.15) is 17.4 Å². The molecule has 0 aliphatic heterocycles. The van der Waals surface area contributed by atoms with E-state index in [1.807, 2.05) is 61.3 Å². The molecule has 27 heavy (non-hydrogen) atoms. The number of ether oxygens (including phenoxy) is 1. The fraction of sp³-hybridized carbons (Fsp3) is 0.286. The summed E-state index contributed by atoms with van der Waals surface area (Å²) >= 11 is 0. The van der Waals surface area contributed by atoms with E-state index in [4.69, 9.17) is 10.5 Å². The molecule has 0 fully saturated rings. The van der Waals surface area contributed by atoms with Crippen LogP contribution in [0, 0.1) is 6.92 Å². The number of para-hydroxylation sites is 1. The van der Waals surface area contributed by atoms with Gasteiger partial charge in [0, 0.05) is 23.7 Å². The third-order valence-corrected chi connectivity index (χ3v) is 4.87. The van der Waals surface area contributed by atoms with Crippen LogP contribution in [0.3, 0.4) is 0 Å². The highest BCUT2D eigenvalue weighted by Gasteiger charge is 2.31. The molecule has 6 nitrogen and oxygen atoms in total. The van der Waals surface area contributed by atoms with Crippen LogP contribution in [-0.2, 0) is 10.2 Å². The lowest BCUT2D eigenvalue weighted by Gasteiger charge is -2.27. The van der Waals surface area contributed by atoms with Crippen LogP contribution < -0.4 is 15.4 Å². The number of carbonyl (C=O) groups is 1. The number of aryl methyl sites for hydroxylation is 1. The number of benzene rings is 2. The van der Waals surface area contributed by atoms with E-state index in [-0.39, 0.29) is 0 Å². The summed E-state index contributed by atoms with van der Waals surface area (Å²) in [6.45, 7) is 5.46. The summed E-state index contributed by atoms with van der Waals surface area (Å²) in [5, 5.41) is 0.956. The van der Waals surface area contributed by atoms with Crippen LogP contribution in [0.15, 0.2) is 42.5 Å². The molecule has 0 atom stereocenters. The zero-order valence-corrected chi connectivity index (χ0v) is 16.3. The number of hydrogen-bond donors (Lipinski definition) is 1. The number of fused-ring (bicyclic) bond motifs is 1. The molecule has 0 radical (unpaired) electrons. The number of amides is 1. The molecule has 2 N–H and O–H groups in total. The number of aromatic nitrogens is 2. The molecule has 2 aromatic carbocycles. The highest BCUT2D eigenvalue weighted by Crippen LogP contribution is 2.37. The van der Waals surface area contributed by atoms with Crippen molar-refractivity contribution in [1.29, 1.82) is 0 Å². The lowest BCUT2D eigenvalue weighted by Crippen LogP contribution is -2.36. The van der Waals surface area contributed by atoms with E-state index in [2.05, 4.69) is 9.97 Å². The monoisotopic (exact) mass is 364 g/mol. The van der Waals surface area contributed by atoms with Gasteiger partial charge >= 0.3 is 0 Å². The number of nitrogens with two attached hydrogens (primary N) is 1. The van der Waals surface area contributed by atoms with E-state index in [9.17, 15) is 4.79 Å². The number of hydrogen-bond acceptors (Lipinski definition) is 5. The molecule has 1 heterocycles. The third-order valence-electron chi connectivity index (χ3n) is 4.87. The summed E-state index contributed by atoms with van der Waals surface area (Å²) < 4.78 is 5.46. The van der Waals surface area contributed by atoms with Crippen LogP contribution in [0.4, 0.5) is 11.5 Å². The predicted octanol–water partition coefficient (Wildman–Crippen LogP) is 3.48. The molecular weight excluding hydrogens is 340 g/mol. The minimum Gasteiger partial charge on any atom is -0.496 e. The first-order valence-electron chi connectivity index (χ1n) is 8.71. The first-order chi connectivity index (χ1) is 12.8. The molecule has 0 bridgehead atoms. The maximum Gasteiger partial charge on any atom is 0.227 e. The summed E-state index contributed by atoms with van der Waals surface area (Å²) in [6.07, 6.45) is 0. The van der Waals surface area contributed by atoms with Gasteiger partial charge in [-0.15, -0.1) is 0 Å². The van der Waals surface area contributed by atoms with Gasteiger partial charge in [0.2, 0.25) is 5.91 Å². The quantitative estimate of drug-likeness (QED) is 0.749. The van der Waals surface area contributed by atoms with E-state index in [1.54, 1.807) is 21.0 Å². The number of methoxy groups -OCH3 is 1. The van der Waals surface area contributed by atoms with Gasteiger partial charge in [0.05, 0.1) is 18.0 Å². The Labute approximate surface area is 159 Å². The van der Waals surface area contributed by atoms with Crippen molar-refractivity contribution in [2.24, 2.45) is 5.73 Å². The summed E-state index contributed by atoms with van der Waals surface area (Å²) in [5.41, 5.74) is 7.26. The fourth-order valence-electron chi connectivity index (χ4n) is 3.08.